The summed E-state index contributed by atoms with van der Waals surface area (Å²) in [6, 6.07) is 4.20. The average molecular weight is 458 g/mol. The largest absolute Gasteiger partial charge is 0.357 e. The van der Waals surface area contributed by atoms with E-state index in [1.165, 1.54) is 5.69 Å². The molecule has 6 nitrogen and oxygen atoms in total. The first-order valence-electron chi connectivity index (χ1n) is 8.61. The summed E-state index contributed by atoms with van der Waals surface area (Å²) in [7, 11) is 4.13. The molecule has 0 saturated heterocycles. The third-order valence-electron chi connectivity index (χ3n) is 3.88. The van der Waals surface area contributed by atoms with E-state index in [0.717, 1.165) is 31.4 Å². The number of hydrogen-bond donors (Lipinski definition) is 1. The molecule has 140 valence electrons. The van der Waals surface area contributed by atoms with E-state index in [0.29, 0.717) is 12.5 Å². The Hall–Kier alpha value is -1.51. The lowest BCUT2D eigenvalue weighted by Gasteiger charge is -2.22. The Balaban J connectivity index is 0.00000312. The number of nitrogens with one attached hydrogen (secondary N) is 1. The molecule has 0 aromatic carbocycles. The minimum atomic E-state index is 0. The molecule has 0 radical (unpaired) electrons. The van der Waals surface area contributed by atoms with Crippen LogP contribution in [0.15, 0.2) is 35.7 Å². The van der Waals surface area contributed by atoms with E-state index in [1.807, 2.05) is 12.4 Å². The van der Waals surface area contributed by atoms with E-state index in [2.05, 4.69) is 77.5 Å². The first kappa shape index (κ1) is 21.5. The molecule has 0 bridgehead atoms. The van der Waals surface area contributed by atoms with E-state index >= 15 is 0 Å². The lowest BCUT2D eigenvalue weighted by atomic mass is 10.2. The number of halogens is 1. The lowest BCUT2D eigenvalue weighted by Crippen LogP contribution is -2.38. The molecule has 2 aromatic rings. The van der Waals surface area contributed by atoms with E-state index in [4.69, 9.17) is 4.99 Å². The molecule has 7 heteroatoms. The fraction of sp³-hybridized carbons (Fsp3) is 0.556. The SMILES string of the molecule is CCNC(=NCc1nccn1CC(C)C)N(C)Cc1cccn1C.I. The second kappa shape index (κ2) is 10.5. The van der Waals surface area contributed by atoms with Gasteiger partial charge in [-0.05, 0) is 25.0 Å². The van der Waals surface area contributed by atoms with Crippen molar-refractivity contribution in [2.45, 2.75) is 40.4 Å². The number of guanidine groups is 1. The van der Waals surface area contributed by atoms with Crippen LogP contribution in [0, 0.1) is 5.92 Å². The maximum Gasteiger partial charge on any atom is 0.194 e. The molecular formula is C18H31IN6. The number of hydrogen-bond acceptors (Lipinski definition) is 2. The fourth-order valence-electron chi connectivity index (χ4n) is 2.65. The van der Waals surface area contributed by atoms with Crippen molar-refractivity contribution in [3.8, 4) is 0 Å². The van der Waals surface area contributed by atoms with Crippen LogP contribution in [0.5, 0.6) is 0 Å². The third kappa shape index (κ3) is 6.37. The van der Waals surface area contributed by atoms with Crippen molar-refractivity contribution < 1.29 is 0 Å². The van der Waals surface area contributed by atoms with Crippen molar-refractivity contribution in [3.63, 3.8) is 0 Å². The number of imidazole rings is 1. The van der Waals surface area contributed by atoms with E-state index < -0.39 is 0 Å². The molecule has 0 aliphatic rings. The van der Waals surface area contributed by atoms with Crippen molar-refractivity contribution in [2.24, 2.45) is 18.0 Å². The minimum Gasteiger partial charge on any atom is -0.357 e. The predicted octanol–water partition coefficient (Wildman–Crippen LogP) is 3.09. The summed E-state index contributed by atoms with van der Waals surface area (Å²) in [5.41, 5.74) is 1.25. The molecule has 2 aromatic heterocycles. The lowest BCUT2D eigenvalue weighted by molar-refractivity contribution is 0.460. The van der Waals surface area contributed by atoms with Crippen LogP contribution in [0.25, 0.3) is 0 Å². The molecule has 0 aliphatic heterocycles. The summed E-state index contributed by atoms with van der Waals surface area (Å²) in [5, 5.41) is 3.37. The van der Waals surface area contributed by atoms with Gasteiger partial charge in [-0.3, -0.25) is 0 Å². The van der Waals surface area contributed by atoms with Gasteiger partial charge in [-0.25, -0.2) is 9.98 Å². The topological polar surface area (TPSA) is 50.4 Å². The van der Waals surface area contributed by atoms with Crippen molar-refractivity contribution in [1.29, 1.82) is 0 Å². The van der Waals surface area contributed by atoms with Crippen molar-refractivity contribution in [3.05, 3.63) is 42.2 Å². The van der Waals surface area contributed by atoms with E-state index in [-0.39, 0.29) is 24.0 Å². The highest BCUT2D eigenvalue weighted by Gasteiger charge is 2.10. The van der Waals surface area contributed by atoms with Crippen LogP contribution < -0.4 is 5.32 Å². The van der Waals surface area contributed by atoms with E-state index in [9.17, 15) is 0 Å². The molecule has 0 unspecified atom stereocenters. The average Bonchev–Trinajstić information content (AvgIpc) is 3.12. The van der Waals surface area contributed by atoms with Gasteiger partial charge >= 0.3 is 0 Å². The Bertz CT molecular complexity index is 658. The summed E-state index contributed by atoms with van der Waals surface area (Å²) >= 11 is 0. The molecule has 1 N–H and O–H groups in total. The van der Waals surface area contributed by atoms with Crippen LogP contribution in [0.2, 0.25) is 0 Å². The summed E-state index contributed by atoms with van der Waals surface area (Å²) < 4.78 is 4.32. The molecule has 0 aliphatic carbocycles. The molecule has 25 heavy (non-hydrogen) atoms. The Morgan fingerprint density at radius 1 is 1.36 bits per heavy atom. The van der Waals surface area contributed by atoms with Gasteiger partial charge in [-0.1, -0.05) is 13.8 Å². The number of aryl methyl sites for hydroxylation is 1. The van der Waals surface area contributed by atoms with Gasteiger partial charge in [0.15, 0.2) is 5.96 Å². The van der Waals surface area contributed by atoms with Crippen LogP contribution in [-0.4, -0.2) is 38.6 Å². The molecule has 2 rings (SSSR count). The monoisotopic (exact) mass is 458 g/mol. The summed E-state index contributed by atoms with van der Waals surface area (Å²) in [5.74, 6) is 2.50. The maximum absolute atomic E-state index is 4.77. The molecule has 0 atom stereocenters. The first-order chi connectivity index (χ1) is 11.5. The zero-order valence-electron chi connectivity index (χ0n) is 15.9. The first-order valence-corrected chi connectivity index (χ1v) is 8.61. The molecule has 0 amide bonds. The highest BCUT2D eigenvalue weighted by Crippen LogP contribution is 2.07. The molecule has 0 spiro atoms. The third-order valence-corrected chi connectivity index (χ3v) is 3.88. The van der Waals surface area contributed by atoms with Crippen LogP contribution in [0.4, 0.5) is 0 Å². The van der Waals surface area contributed by atoms with Gasteiger partial charge in [0.2, 0.25) is 0 Å². The van der Waals surface area contributed by atoms with Gasteiger partial charge in [0.1, 0.15) is 12.4 Å². The molecule has 2 heterocycles. The van der Waals surface area contributed by atoms with Gasteiger partial charge in [-0.15, -0.1) is 24.0 Å². The van der Waals surface area contributed by atoms with Crippen molar-refractivity contribution in [2.75, 3.05) is 13.6 Å². The number of nitrogens with zero attached hydrogens (tertiary/aromatic N) is 5. The van der Waals surface area contributed by atoms with Gasteiger partial charge < -0.3 is 19.4 Å². The van der Waals surface area contributed by atoms with Gasteiger partial charge in [0.05, 0.1) is 6.54 Å². The van der Waals surface area contributed by atoms with Gasteiger partial charge in [0, 0.05) is 51.5 Å². The highest BCUT2D eigenvalue weighted by atomic mass is 127. The Morgan fingerprint density at radius 2 is 2.12 bits per heavy atom. The molecule has 0 fully saturated rings. The van der Waals surface area contributed by atoms with Gasteiger partial charge in [-0.2, -0.15) is 0 Å². The molecular weight excluding hydrogens is 427 g/mol. The van der Waals surface area contributed by atoms with Crippen LogP contribution in [0.3, 0.4) is 0 Å². The van der Waals surface area contributed by atoms with Crippen molar-refractivity contribution >= 4 is 29.9 Å². The zero-order chi connectivity index (χ0) is 17.5. The highest BCUT2D eigenvalue weighted by molar-refractivity contribution is 14.0. The normalized spacial score (nSPS) is 11.5. The molecule has 0 saturated carbocycles. The maximum atomic E-state index is 4.77. The summed E-state index contributed by atoms with van der Waals surface area (Å²) in [6.07, 6.45) is 5.95. The number of aliphatic imine (C=N–C) groups is 1. The minimum absolute atomic E-state index is 0. The predicted molar refractivity (Wildman–Crippen MR) is 114 cm³/mol. The summed E-state index contributed by atoms with van der Waals surface area (Å²) in [6.45, 7) is 9.73. The fourth-order valence-corrected chi connectivity index (χ4v) is 2.65. The van der Waals surface area contributed by atoms with Crippen LogP contribution in [-0.2, 0) is 26.7 Å². The summed E-state index contributed by atoms with van der Waals surface area (Å²) in [4.78, 5) is 11.4. The Labute approximate surface area is 168 Å². The number of rotatable bonds is 7. The van der Waals surface area contributed by atoms with Gasteiger partial charge in [0.25, 0.3) is 0 Å². The smallest absolute Gasteiger partial charge is 0.194 e. The Kier molecular flexibility index (Phi) is 9.02. The zero-order valence-corrected chi connectivity index (χ0v) is 18.3. The quantitative estimate of drug-likeness (QED) is 0.394. The number of aromatic nitrogens is 3. The second-order valence-electron chi connectivity index (χ2n) is 6.53. The Morgan fingerprint density at radius 3 is 2.72 bits per heavy atom. The van der Waals surface area contributed by atoms with Crippen molar-refractivity contribution in [1.82, 2.24) is 24.3 Å². The van der Waals surface area contributed by atoms with Crippen LogP contribution >= 0.6 is 24.0 Å². The second-order valence-corrected chi connectivity index (χ2v) is 6.53. The standard InChI is InChI=1S/C18H30N6.HI/c1-6-19-18(23(5)14-16-8-7-10-22(16)4)21-12-17-20-9-11-24(17)13-15(2)3;/h7-11,15H,6,12-14H2,1-5H3,(H,19,21);1H. The van der Waals surface area contributed by atoms with Crippen LogP contribution in [0.1, 0.15) is 32.3 Å². The van der Waals surface area contributed by atoms with E-state index in [1.54, 1.807) is 0 Å².